The van der Waals surface area contributed by atoms with E-state index >= 15 is 0 Å². The second-order valence-corrected chi connectivity index (χ2v) is 5.63. The van der Waals surface area contributed by atoms with E-state index in [0.717, 1.165) is 10.8 Å². The van der Waals surface area contributed by atoms with Gasteiger partial charge in [-0.3, -0.25) is 4.79 Å². The Balaban J connectivity index is 1.59. The molecule has 0 unspecified atom stereocenters. The number of benzene rings is 3. The summed E-state index contributed by atoms with van der Waals surface area (Å²) in [6.45, 7) is -0.353. The predicted octanol–water partition coefficient (Wildman–Crippen LogP) is 4.29. The number of rotatable bonds is 4. The number of esters is 1. The van der Waals surface area contributed by atoms with E-state index in [2.05, 4.69) is 5.32 Å². The highest BCUT2D eigenvalue weighted by Gasteiger charge is 2.11. The van der Waals surface area contributed by atoms with Crippen LogP contribution in [0.2, 0.25) is 5.02 Å². The molecule has 0 radical (unpaired) electrons. The average molecular weight is 340 g/mol. The standard InChI is InChI=1S/C19H14ClNO3/c20-16-7-9-17(10-8-16)21-18(22)12-24-19(23)15-6-5-13-3-1-2-4-14(13)11-15/h1-11H,12H2,(H,21,22). The van der Waals surface area contributed by atoms with Gasteiger partial charge in [0, 0.05) is 10.7 Å². The van der Waals surface area contributed by atoms with Crippen molar-refractivity contribution in [1.29, 1.82) is 0 Å². The SMILES string of the molecule is O=C(COC(=O)c1ccc2ccccc2c1)Nc1ccc(Cl)cc1. The highest BCUT2D eigenvalue weighted by atomic mass is 35.5. The fraction of sp³-hybridized carbons (Fsp3) is 0.0526. The quantitative estimate of drug-likeness (QED) is 0.721. The Bertz CT molecular complexity index is 891. The first-order valence-electron chi connectivity index (χ1n) is 7.33. The van der Waals surface area contributed by atoms with Gasteiger partial charge < -0.3 is 10.1 Å². The van der Waals surface area contributed by atoms with Gasteiger partial charge in [-0.2, -0.15) is 0 Å². The predicted molar refractivity (Wildman–Crippen MR) is 94.3 cm³/mol. The van der Waals surface area contributed by atoms with Crippen LogP contribution in [0, 0.1) is 0 Å². The largest absolute Gasteiger partial charge is 0.452 e. The number of nitrogens with one attached hydrogen (secondary N) is 1. The monoisotopic (exact) mass is 339 g/mol. The molecule has 0 spiro atoms. The van der Waals surface area contributed by atoms with E-state index in [-0.39, 0.29) is 6.61 Å². The number of anilines is 1. The first-order chi connectivity index (χ1) is 11.6. The first kappa shape index (κ1) is 16.0. The second-order valence-electron chi connectivity index (χ2n) is 5.19. The van der Waals surface area contributed by atoms with Crippen molar-refractivity contribution in [3.05, 3.63) is 77.3 Å². The summed E-state index contributed by atoms with van der Waals surface area (Å²) < 4.78 is 5.06. The van der Waals surface area contributed by atoms with Crippen molar-refractivity contribution in [1.82, 2.24) is 0 Å². The van der Waals surface area contributed by atoms with Crippen LogP contribution in [0.4, 0.5) is 5.69 Å². The lowest BCUT2D eigenvalue weighted by molar-refractivity contribution is -0.119. The molecule has 0 aromatic heterocycles. The molecule has 3 aromatic rings. The smallest absolute Gasteiger partial charge is 0.338 e. The number of hydrogen-bond acceptors (Lipinski definition) is 3. The van der Waals surface area contributed by atoms with E-state index in [0.29, 0.717) is 16.3 Å². The summed E-state index contributed by atoms with van der Waals surface area (Å²) in [7, 11) is 0. The molecular weight excluding hydrogens is 326 g/mol. The minimum absolute atomic E-state index is 0.353. The molecule has 3 rings (SSSR count). The fourth-order valence-corrected chi connectivity index (χ4v) is 2.39. The summed E-state index contributed by atoms with van der Waals surface area (Å²) >= 11 is 5.78. The lowest BCUT2D eigenvalue weighted by Crippen LogP contribution is -2.20. The van der Waals surface area contributed by atoms with Gasteiger partial charge in [0.25, 0.3) is 5.91 Å². The van der Waals surface area contributed by atoms with Crippen LogP contribution in [-0.4, -0.2) is 18.5 Å². The summed E-state index contributed by atoms with van der Waals surface area (Å²) in [5.41, 5.74) is 0.999. The number of fused-ring (bicyclic) bond motifs is 1. The van der Waals surface area contributed by atoms with Gasteiger partial charge in [0.05, 0.1) is 5.56 Å². The van der Waals surface area contributed by atoms with Gasteiger partial charge in [0.2, 0.25) is 0 Å². The second kappa shape index (κ2) is 7.15. The Labute approximate surface area is 144 Å². The number of halogens is 1. The molecule has 0 fully saturated rings. The van der Waals surface area contributed by atoms with Crippen LogP contribution in [0.5, 0.6) is 0 Å². The number of carbonyl (C=O) groups is 2. The molecule has 4 nitrogen and oxygen atoms in total. The van der Waals surface area contributed by atoms with E-state index in [1.807, 2.05) is 30.3 Å². The Hall–Kier alpha value is -2.85. The molecular formula is C19H14ClNO3. The van der Waals surface area contributed by atoms with E-state index in [4.69, 9.17) is 16.3 Å². The summed E-state index contributed by atoms with van der Waals surface area (Å²) in [6.07, 6.45) is 0. The number of ether oxygens (including phenoxy) is 1. The zero-order chi connectivity index (χ0) is 16.9. The van der Waals surface area contributed by atoms with Crippen molar-refractivity contribution in [2.24, 2.45) is 0 Å². The molecule has 0 aliphatic carbocycles. The lowest BCUT2D eigenvalue weighted by atomic mass is 10.1. The Morgan fingerprint density at radius 3 is 2.38 bits per heavy atom. The number of amides is 1. The molecule has 0 aliphatic heterocycles. The molecule has 0 heterocycles. The van der Waals surface area contributed by atoms with Crippen LogP contribution in [0.25, 0.3) is 10.8 Å². The lowest BCUT2D eigenvalue weighted by Gasteiger charge is -2.07. The average Bonchev–Trinajstić information content (AvgIpc) is 2.61. The minimum Gasteiger partial charge on any atom is -0.452 e. The maximum atomic E-state index is 12.1. The summed E-state index contributed by atoms with van der Waals surface area (Å²) in [5, 5.41) is 5.19. The van der Waals surface area contributed by atoms with E-state index in [1.165, 1.54) is 0 Å². The molecule has 0 atom stereocenters. The molecule has 24 heavy (non-hydrogen) atoms. The van der Waals surface area contributed by atoms with Crippen molar-refractivity contribution < 1.29 is 14.3 Å². The van der Waals surface area contributed by atoms with Crippen LogP contribution >= 0.6 is 11.6 Å². The normalized spacial score (nSPS) is 10.4. The van der Waals surface area contributed by atoms with Crippen LogP contribution < -0.4 is 5.32 Å². The summed E-state index contributed by atoms with van der Waals surface area (Å²) in [6, 6.07) is 19.7. The minimum atomic E-state index is -0.535. The van der Waals surface area contributed by atoms with Crippen molar-refractivity contribution in [2.45, 2.75) is 0 Å². The van der Waals surface area contributed by atoms with Gasteiger partial charge in [-0.15, -0.1) is 0 Å². The third kappa shape index (κ3) is 3.91. The zero-order valence-electron chi connectivity index (χ0n) is 12.7. The fourth-order valence-electron chi connectivity index (χ4n) is 2.26. The van der Waals surface area contributed by atoms with Gasteiger partial charge in [-0.05, 0) is 47.2 Å². The van der Waals surface area contributed by atoms with Crippen LogP contribution in [0.15, 0.2) is 66.7 Å². The molecule has 3 aromatic carbocycles. The van der Waals surface area contributed by atoms with Gasteiger partial charge in [-0.25, -0.2) is 4.79 Å². The molecule has 120 valence electrons. The summed E-state index contributed by atoms with van der Waals surface area (Å²) in [5.74, 6) is -0.946. The maximum Gasteiger partial charge on any atom is 0.338 e. The van der Waals surface area contributed by atoms with Gasteiger partial charge >= 0.3 is 5.97 Å². The molecule has 0 aliphatic rings. The van der Waals surface area contributed by atoms with Gasteiger partial charge in [-0.1, -0.05) is 41.9 Å². The maximum absolute atomic E-state index is 12.1. The topological polar surface area (TPSA) is 55.4 Å². The molecule has 0 bridgehead atoms. The third-order valence-corrected chi connectivity index (χ3v) is 3.70. The number of carbonyl (C=O) groups excluding carboxylic acids is 2. The van der Waals surface area contributed by atoms with E-state index in [9.17, 15) is 9.59 Å². The molecule has 1 amide bonds. The zero-order valence-corrected chi connectivity index (χ0v) is 13.4. The first-order valence-corrected chi connectivity index (χ1v) is 7.71. The van der Waals surface area contributed by atoms with Crippen molar-refractivity contribution in [2.75, 3.05) is 11.9 Å². The molecule has 0 saturated heterocycles. The van der Waals surface area contributed by atoms with Crippen molar-refractivity contribution >= 4 is 39.9 Å². The Morgan fingerprint density at radius 2 is 1.62 bits per heavy atom. The Kier molecular flexibility index (Phi) is 4.77. The van der Waals surface area contributed by atoms with Crippen LogP contribution in [0.1, 0.15) is 10.4 Å². The molecule has 1 N–H and O–H groups in total. The highest BCUT2D eigenvalue weighted by molar-refractivity contribution is 6.30. The Morgan fingerprint density at radius 1 is 0.917 bits per heavy atom. The van der Waals surface area contributed by atoms with Crippen LogP contribution in [-0.2, 0) is 9.53 Å². The van der Waals surface area contributed by atoms with E-state index in [1.54, 1.807) is 36.4 Å². The van der Waals surface area contributed by atoms with Crippen molar-refractivity contribution in [3.63, 3.8) is 0 Å². The van der Waals surface area contributed by atoms with Crippen LogP contribution in [0.3, 0.4) is 0 Å². The summed E-state index contributed by atoms with van der Waals surface area (Å²) in [4.78, 5) is 23.9. The van der Waals surface area contributed by atoms with Gasteiger partial charge in [0.15, 0.2) is 6.61 Å². The highest BCUT2D eigenvalue weighted by Crippen LogP contribution is 2.16. The third-order valence-electron chi connectivity index (χ3n) is 3.45. The van der Waals surface area contributed by atoms with Crippen molar-refractivity contribution in [3.8, 4) is 0 Å². The molecule has 0 saturated carbocycles. The van der Waals surface area contributed by atoms with E-state index < -0.39 is 11.9 Å². The van der Waals surface area contributed by atoms with Gasteiger partial charge in [0.1, 0.15) is 0 Å². The number of hydrogen-bond donors (Lipinski definition) is 1. The molecule has 5 heteroatoms.